The Kier molecular flexibility index (Phi) is 4.03. The van der Waals surface area contributed by atoms with E-state index in [1.165, 1.54) is 19.4 Å². The van der Waals surface area contributed by atoms with Gasteiger partial charge in [0.25, 0.3) is 0 Å². The fraction of sp³-hybridized carbons (Fsp3) is 0.467. The van der Waals surface area contributed by atoms with Crippen molar-refractivity contribution in [2.45, 2.75) is 25.8 Å². The number of likely N-dealkylation sites (tertiary alicyclic amines) is 1. The Hall–Kier alpha value is -1.39. The number of anilines is 1. The zero-order valence-electron chi connectivity index (χ0n) is 11.6. The third-order valence-corrected chi connectivity index (χ3v) is 4.33. The highest BCUT2D eigenvalue weighted by Crippen LogP contribution is 2.26. The van der Waals surface area contributed by atoms with Crippen molar-refractivity contribution in [3.05, 3.63) is 29.4 Å². The van der Waals surface area contributed by atoms with Crippen LogP contribution in [0.25, 0.3) is 10.8 Å². The van der Waals surface area contributed by atoms with Gasteiger partial charge < -0.3 is 5.32 Å². The van der Waals surface area contributed by atoms with Crippen molar-refractivity contribution in [1.82, 2.24) is 15.1 Å². The van der Waals surface area contributed by atoms with Crippen molar-refractivity contribution < 1.29 is 0 Å². The van der Waals surface area contributed by atoms with Gasteiger partial charge in [-0.3, -0.25) is 4.90 Å². The Morgan fingerprint density at radius 3 is 2.90 bits per heavy atom. The molecule has 0 unspecified atom stereocenters. The van der Waals surface area contributed by atoms with Crippen molar-refractivity contribution >= 4 is 28.2 Å². The minimum absolute atomic E-state index is 0.460. The Morgan fingerprint density at radius 2 is 2.10 bits per heavy atom. The Bertz CT molecular complexity index is 601. The summed E-state index contributed by atoms with van der Waals surface area (Å²) in [6.07, 6.45) is 2.53. The van der Waals surface area contributed by atoms with Crippen molar-refractivity contribution in [3.8, 4) is 0 Å². The maximum atomic E-state index is 6.09. The van der Waals surface area contributed by atoms with E-state index in [1.807, 2.05) is 24.3 Å². The number of rotatable bonds is 4. The predicted molar refractivity (Wildman–Crippen MR) is 83.3 cm³/mol. The first kappa shape index (κ1) is 13.6. The Labute approximate surface area is 124 Å². The van der Waals surface area contributed by atoms with Crippen LogP contribution in [0, 0.1) is 0 Å². The van der Waals surface area contributed by atoms with Crippen molar-refractivity contribution in [2.24, 2.45) is 0 Å². The molecule has 0 radical (unpaired) electrons. The first-order valence-corrected chi connectivity index (χ1v) is 7.56. The van der Waals surface area contributed by atoms with Crippen LogP contribution in [-0.2, 0) is 0 Å². The van der Waals surface area contributed by atoms with Gasteiger partial charge in [0.15, 0.2) is 11.0 Å². The van der Waals surface area contributed by atoms with Gasteiger partial charge in [-0.2, -0.15) is 0 Å². The summed E-state index contributed by atoms with van der Waals surface area (Å²) in [6.45, 7) is 5.44. The number of hydrogen-bond acceptors (Lipinski definition) is 4. The Balaban J connectivity index is 1.79. The molecule has 1 atom stereocenters. The highest BCUT2D eigenvalue weighted by Gasteiger charge is 2.22. The largest absolute Gasteiger partial charge is 0.366 e. The van der Waals surface area contributed by atoms with Gasteiger partial charge in [0.05, 0.1) is 0 Å². The number of benzene rings is 1. The summed E-state index contributed by atoms with van der Waals surface area (Å²) < 4.78 is 0. The molecule has 106 valence electrons. The zero-order chi connectivity index (χ0) is 13.9. The van der Waals surface area contributed by atoms with E-state index in [0.29, 0.717) is 11.2 Å². The van der Waals surface area contributed by atoms with Crippen LogP contribution in [0.4, 0.5) is 5.82 Å². The molecule has 20 heavy (non-hydrogen) atoms. The topological polar surface area (TPSA) is 41.0 Å². The zero-order valence-corrected chi connectivity index (χ0v) is 12.4. The van der Waals surface area contributed by atoms with E-state index in [-0.39, 0.29) is 0 Å². The third kappa shape index (κ3) is 2.58. The molecule has 1 aromatic heterocycles. The average molecular weight is 291 g/mol. The van der Waals surface area contributed by atoms with Gasteiger partial charge in [-0.15, -0.1) is 10.2 Å². The highest BCUT2D eigenvalue weighted by atomic mass is 35.5. The number of nitrogens with zero attached hydrogens (tertiary/aromatic N) is 3. The van der Waals surface area contributed by atoms with Gasteiger partial charge in [-0.1, -0.05) is 42.8 Å². The van der Waals surface area contributed by atoms with Crippen LogP contribution in [0.2, 0.25) is 5.15 Å². The van der Waals surface area contributed by atoms with E-state index < -0.39 is 0 Å². The maximum absolute atomic E-state index is 6.09. The molecular weight excluding hydrogens is 272 g/mol. The van der Waals surface area contributed by atoms with Gasteiger partial charge in [0.1, 0.15) is 0 Å². The average Bonchev–Trinajstić information content (AvgIpc) is 2.94. The molecule has 2 heterocycles. The number of halogens is 1. The van der Waals surface area contributed by atoms with E-state index in [9.17, 15) is 0 Å². The van der Waals surface area contributed by atoms with Gasteiger partial charge in [-0.25, -0.2) is 0 Å². The molecule has 0 saturated carbocycles. The van der Waals surface area contributed by atoms with Crippen LogP contribution in [0.1, 0.15) is 19.8 Å². The quantitative estimate of drug-likeness (QED) is 0.939. The second kappa shape index (κ2) is 5.94. The second-order valence-electron chi connectivity index (χ2n) is 5.19. The summed E-state index contributed by atoms with van der Waals surface area (Å²) in [5, 5.41) is 14.1. The molecule has 0 aliphatic carbocycles. The number of nitrogens with one attached hydrogen (secondary N) is 1. The lowest BCUT2D eigenvalue weighted by Crippen LogP contribution is -2.34. The normalized spacial score (nSPS) is 19.6. The molecule has 3 rings (SSSR count). The number of fused-ring (bicyclic) bond motifs is 1. The molecule has 1 aliphatic rings. The molecule has 1 N–H and O–H groups in total. The molecule has 0 spiro atoms. The highest BCUT2D eigenvalue weighted by molar-refractivity contribution is 6.34. The SMILES string of the molecule is CCN1CCC[C@@H]1CNc1nnc(Cl)c2ccccc12. The third-order valence-electron chi connectivity index (χ3n) is 4.05. The lowest BCUT2D eigenvalue weighted by atomic mass is 10.2. The van der Waals surface area contributed by atoms with E-state index in [4.69, 9.17) is 11.6 Å². The lowest BCUT2D eigenvalue weighted by molar-refractivity contribution is 0.277. The Morgan fingerprint density at radius 1 is 1.30 bits per heavy atom. The fourth-order valence-electron chi connectivity index (χ4n) is 2.96. The minimum atomic E-state index is 0.460. The number of likely N-dealkylation sites (N-methyl/N-ethyl adjacent to an activating group) is 1. The van der Waals surface area contributed by atoms with E-state index in [1.54, 1.807) is 0 Å². The van der Waals surface area contributed by atoms with Gasteiger partial charge in [0.2, 0.25) is 0 Å². The van der Waals surface area contributed by atoms with Gasteiger partial charge >= 0.3 is 0 Å². The first-order valence-electron chi connectivity index (χ1n) is 7.18. The second-order valence-corrected chi connectivity index (χ2v) is 5.55. The van der Waals surface area contributed by atoms with Crippen LogP contribution in [0.15, 0.2) is 24.3 Å². The number of hydrogen-bond donors (Lipinski definition) is 1. The molecule has 1 aromatic carbocycles. The minimum Gasteiger partial charge on any atom is -0.366 e. The standard InChI is InChI=1S/C15H19ClN4/c1-2-20-9-5-6-11(20)10-17-15-13-8-4-3-7-12(13)14(16)18-19-15/h3-4,7-8,11H,2,5-6,9-10H2,1H3,(H,17,19)/t11-/m1/s1. The van der Waals surface area contributed by atoms with Gasteiger partial charge in [0, 0.05) is 23.4 Å². The molecule has 1 aliphatic heterocycles. The molecule has 0 bridgehead atoms. The molecular formula is C15H19ClN4. The van der Waals surface area contributed by atoms with Crippen LogP contribution in [-0.4, -0.2) is 40.8 Å². The van der Waals surface area contributed by atoms with Crippen molar-refractivity contribution in [1.29, 1.82) is 0 Å². The van der Waals surface area contributed by atoms with E-state index in [0.717, 1.165) is 29.7 Å². The summed E-state index contributed by atoms with van der Waals surface area (Å²) in [5.74, 6) is 0.827. The molecule has 1 saturated heterocycles. The summed E-state index contributed by atoms with van der Waals surface area (Å²) in [6, 6.07) is 8.57. The van der Waals surface area contributed by atoms with Crippen molar-refractivity contribution in [3.63, 3.8) is 0 Å². The fourth-order valence-corrected chi connectivity index (χ4v) is 3.16. The van der Waals surface area contributed by atoms with E-state index in [2.05, 4.69) is 27.3 Å². The van der Waals surface area contributed by atoms with Crippen LogP contribution in [0.5, 0.6) is 0 Å². The van der Waals surface area contributed by atoms with Crippen LogP contribution in [0.3, 0.4) is 0 Å². The van der Waals surface area contributed by atoms with E-state index >= 15 is 0 Å². The number of aromatic nitrogens is 2. The molecule has 1 fully saturated rings. The summed E-state index contributed by atoms with van der Waals surface area (Å²) in [7, 11) is 0. The smallest absolute Gasteiger partial charge is 0.159 e. The predicted octanol–water partition coefficient (Wildman–Crippen LogP) is 3.18. The molecule has 0 amide bonds. The maximum Gasteiger partial charge on any atom is 0.159 e. The molecule has 2 aromatic rings. The van der Waals surface area contributed by atoms with Crippen molar-refractivity contribution in [2.75, 3.05) is 25.0 Å². The summed E-state index contributed by atoms with van der Waals surface area (Å²) in [5.41, 5.74) is 0. The monoisotopic (exact) mass is 290 g/mol. The molecule has 4 nitrogen and oxygen atoms in total. The summed E-state index contributed by atoms with van der Waals surface area (Å²) in [4.78, 5) is 2.51. The lowest BCUT2D eigenvalue weighted by Gasteiger charge is -2.23. The molecule has 5 heteroatoms. The van der Waals surface area contributed by atoms with Gasteiger partial charge in [-0.05, 0) is 25.9 Å². The van der Waals surface area contributed by atoms with Crippen LogP contribution >= 0.6 is 11.6 Å². The first-order chi connectivity index (χ1) is 9.79. The summed E-state index contributed by atoms with van der Waals surface area (Å²) >= 11 is 6.09. The van der Waals surface area contributed by atoms with Crippen LogP contribution < -0.4 is 5.32 Å².